The van der Waals surface area contributed by atoms with E-state index < -0.39 is 0 Å². The lowest BCUT2D eigenvalue weighted by molar-refractivity contribution is -0.131. The van der Waals surface area contributed by atoms with Crippen molar-refractivity contribution in [2.75, 3.05) is 13.6 Å². The van der Waals surface area contributed by atoms with E-state index >= 15 is 0 Å². The van der Waals surface area contributed by atoms with Crippen LogP contribution in [0.3, 0.4) is 0 Å². The highest BCUT2D eigenvalue weighted by Gasteiger charge is 2.17. The van der Waals surface area contributed by atoms with Crippen LogP contribution in [0, 0.1) is 11.8 Å². The van der Waals surface area contributed by atoms with Gasteiger partial charge in [-0.1, -0.05) is 19.9 Å². The lowest BCUT2D eigenvalue weighted by atomic mass is 9.94. The molecule has 1 rings (SSSR count). The van der Waals surface area contributed by atoms with Gasteiger partial charge in [0, 0.05) is 18.3 Å². The second kappa shape index (κ2) is 7.54. The minimum absolute atomic E-state index is 0.194. The summed E-state index contributed by atoms with van der Waals surface area (Å²) < 4.78 is 0. The second-order valence-electron chi connectivity index (χ2n) is 5.26. The van der Waals surface area contributed by atoms with Gasteiger partial charge in [-0.15, -0.1) is 11.3 Å². The largest absolute Gasteiger partial charge is 0.341 e. The van der Waals surface area contributed by atoms with E-state index in [-0.39, 0.29) is 5.91 Å². The number of nitrogens with two attached hydrogens (primary N) is 1. The highest BCUT2D eigenvalue weighted by atomic mass is 32.1. The fourth-order valence-electron chi connectivity index (χ4n) is 2.06. The Labute approximate surface area is 114 Å². The number of carbonyl (C=O) groups excluding carboxylic acids is 1. The molecule has 0 aliphatic rings. The number of thiophene rings is 1. The average Bonchev–Trinajstić information content (AvgIpc) is 2.80. The summed E-state index contributed by atoms with van der Waals surface area (Å²) in [5.41, 5.74) is 5.74. The number of amides is 1. The third kappa shape index (κ3) is 5.19. The highest BCUT2D eigenvalue weighted by Crippen LogP contribution is 2.17. The number of rotatable bonds is 7. The maximum Gasteiger partial charge on any atom is 0.222 e. The molecule has 4 heteroatoms. The van der Waals surface area contributed by atoms with E-state index in [0.717, 1.165) is 6.42 Å². The monoisotopic (exact) mass is 268 g/mol. The van der Waals surface area contributed by atoms with Crippen LogP contribution in [0.2, 0.25) is 0 Å². The van der Waals surface area contributed by atoms with E-state index in [9.17, 15) is 4.79 Å². The van der Waals surface area contributed by atoms with Crippen molar-refractivity contribution in [3.63, 3.8) is 0 Å². The molecular weight excluding hydrogens is 244 g/mol. The predicted molar refractivity (Wildman–Crippen MR) is 77.4 cm³/mol. The van der Waals surface area contributed by atoms with Gasteiger partial charge >= 0.3 is 0 Å². The molecule has 1 aromatic rings. The molecule has 0 radical (unpaired) electrons. The first-order chi connectivity index (χ1) is 8.52. The molecule has 0 aliphatic heterocycles. The topological polar surface area (TPSA) is 46.3 Å². The molecule has 0 bridgehead atoms. The van der Waals surface area contributed by atoms with Crippen LogP contribution in [0.1, 0.15) is 31.6 Å². The summed E-state index contributed by atoms with van der Waals surface area (Å²) in [4.78, 5) is 15.1. The van der Waals surface area contributed by atoms with Crippen LogP contribution >= 0.6 is 11.3 Å². The minimum atomic E-state index is 0.194. The molecule has 0 aliphatic carbocycles. The Morgan fingerprint density at radius 1 is 1.50 bits per heavy atom. The van der Waals surface area contributed by atoms with Gasteiger partial charge in [-0.05, 0) is 36.2 Å². The van der Waals surface area contributed by atoms with Crippen molar-refractivity contribution in [1.29, 1.82) is 0 Å². The lowest BCUT2D eigenvalue weighted by Gasteiger charge is -2.21. The normalized spacial score (nSPS) is 12.7. The van der Waals surface area contributed by atoms with Gasteiger partial charge < -0.3 is 10.6 Å². The third-order valence-electron chi connectivity index (χ3n) is 3.00. The summed E-state index contributed by atoms with van der Waals surface area (Å²) in [6.07, 6.45) is 1.59. The molecule has 0 spiro atoms. The molecule has 0 saturated carbocycles. The number of nitrogens with zero attached hydrogens (tertiary/aromatic N) is 1. The summed E-state index contributed by atoms with van der Waals surface area (Å²) in [5.74, 6) is 1.09. The molecule has 3 nitrogen and oxygen atoms in total. The Hall–Kier alpha value is -0.870. The minimum Gasteiger partial charge on any atom is -0.341 e. The molecule has 1 atom stereocenters. The van der Waals surface area contributed by atoms with Crippen molar-refractivity contribution in [2.45, 2.75) is 33.2 Å². The van der Waals surface area contributed by atoms with Gasteiger partial charge in [-0.3, -0.25) is 4.79 Å². The van der Waals surface area contributed by atoms with Crippen molar-refractivity contribution >= 4 is 17.2 Å². The summed E-state index contributed by atoms with van der Waals surface area (Å²) in [7, 11) is 1.87. The molecule has 2 N–H and O–H groups in total. The average molecular weight is 268 g/mol. The van der Waals surface area contributed by atoms with Crippen molar-refractivity contribution in [2.24, 2.45) is 17.6 Å². The van der Waals surface area contributed by atoms with Crippen molar-refractivity contribution < 1.29 is 4.79 Å². The van der Waals surface area contributed by atoms with E-state index in [0.29, 0.717) is 31.3 Å². The van der Waals surface area contributed by atoms with Crippen LogP contribution in [-0.4, -0.2) is 24.4 Å². The predicted octanol–water partition coefficient (Wildman–Crippen LogP) is 2.72. The first kappa shape index (κ1) is 15.2. The summed E-state index contributed by atoms with van der Waals surface area (Å²) in [6.45, 7) is 5.64. The molecule has 1 unspecified atom stereocenters. The van der Waals surface area contributed by atoms with Crippen LogP contribution in [0.25, 0.3) is 0 Å². The highest BCUT2D eigenvalue weighted by molar-refractivity contribution is 7.09. The molecule has 1 amide bonds. The van der Waals surface area contributed by atoms with Gasteiger partial charge in [0.1, 0.15) is 0 Å². The first-order valence-corrected chi connectivity index (χ1v) is 7.37. The van der Waals surface area contributed by atoms with E-state index in [1.165, 1.54) is 4.88 Å². The van der Waals surface area contributed by atoms with E-state index in [2.05, 4.69) is 19.9 Å². The Morgan fingerprint density at radius 2 is 2.22 bits per heavy atom. The zero-order valence-electron chi connectivity index (χ0n) is 11.6. The summed E-state index contributed by atoms with van der Waals surface area (Å²) in [5, 5.41) is 2.04. The van der Waals surface area contributed by atoms with Gasteiger partial charge in [0.05, 0.1) is 6.54 Å². The summed E-state index contributed by atoms with van der Waals surface area (Å²) in [6, 6.07) is 4.07. The van der Waals surface area contributed by atoms with Crippen LogP contribution in [0.5, 0.6) is 0 Å². The Bertz CT molecular complexity index is 349. The van der Waals surface area contributed by atoms with Crippen LogP contribution in [0.4, 0.5) is 0 Å². The standard InChI is InChI=1S/C14H24N2OS/c1-11(2)7-12(9-15)8-14(17)16(3)10-13-5-4-6-18-13/h4-6,11-12H,7-10,15H2,1-3H3. The lowest BCUT2D eigenvalue weighted by Crippen LogP contribution is -2.30. The Kier molecular flexibility index (Phi) is 6.36. The van der Waals surface area contributed by atoms with Crippen LogP contribution < -0.4 is 5.73 Å². The maximum absolute atomic E-state index is 12.1. The van der Waals surface area contributed by atoms with Gasteiger partial charge in [0.25, 0.3) is 0 Å². The molecule has 0 aromatic carbocycles. The second-order valence-corrected chi connectivity index (χ2v) is 6.30. The van der Waals surface area contributed by atoms with E-state index in [4.69, 9.17) is 5.73 Å². The zero-order chi connectivity index (χ0) is 13.5. The molecule has 1 heterocycles. The number of hydrogen-bond acceptors (Lipinski definition) is 3. The van der Waals surface area contributed by atoms with E-state index in [1.54, 1.807) is 16.2 Å². The first-order valence-electron chi connectivity index (χ1n) is 6.49. The van der Waals surface area contributed by atoms with Crippen molar-refractivity contribution in [3.8, 4) is 0 Å². The van der Waals surface area contributed by atoms with Crippen LogP contribution in [0.15, 0.2) is 17.5 Å². The fraction of sp³-hybridized carbons (Fsp3) is 0.643. The fourth-order valence-corrected chi connectivity index (χ4v) is 2.81. The Balaban J connectivity index is 2.43. The summed E-state index contributed by atoms with van der Waals surface area (Å²) >= 11 is 1.69. The molecule has 0 saturated heterocycles. The van der Waals surface area contributed by atoms with Gasteiger partial charge in [-0.25, -0.2) is 0 Å². The maximum atomic E-state index is 12.1. The number of carbonyl (C=O) groups is 1. The number of hydrogen-bond donors (Lipinski definition) is 1. The molecule has 102 valence electrons. The van der Waals surface area contributed by atoms with Crippen molar-refractivity contribution in [3.05, 3.63) is 22.4 Å². The van der Waals surface area contributed by atoms with Gasteiger partial charge in [0.15, 0.2) is 0 Å². The Morgan fingerprint density at radius 3 is 2.72 bits per heavy atom. The molecule has 1 aromatic heterocycles. The quantitative estimate of drug-likeness (QED) is 0.826. The SMILES string of the molecule is CC(C)CC(CN)CC(=O)N(C)Cc1cccs1. The molecule has 18 heavy (non-hydrogen) atoms. The van der Waals surface area contributed by atoms with E-state index in [1.807, 2.05) is 18.5 Å². The molecule has 0 fully saturated rings. The zero-order valence-corrected chi connectivity index (χ0v) is 12.4. The van der Waals surface area contributed by atoms with Gasteiger partial charge in [-0.2, -0.15) is 0 Å². The third-order valence-corrected chi connectivity index (χ3v) is 3.86. The smallest absolute Gasteiger partial charge is 0.222 e. The van der Waals surface area contributed by atoms with Crippen LogP contribution in [-0.2, 0) is 11.3 Å². The van der Waals surface area contributed by atoms with Crippen molar-refractivity contribution in [1.82, 2.24) is 4.90 Å². The van der Waals surface area contributed by atoms with Gasteiger partial charge in [0.2, 0.25) is 5.91 Å². The molecular formula is C14H24N2OS.